The van der Waals surface area contributed by atoms with Crippen LogP contribution in [0.3, 0.4) is 0 Å². The Morgan fingerprint density at radius 3 is 2.89 bits per heavy atom. The van der Waals surface area contributed by atoms with Gasteiger partial charge in [0.05, 0.1) is 5.69 Å². The zero-order chi connectivity index (χ0) is 13.2. The third-order valence-corrected chi connectivity index (χ3v) is 4.02. The molecule has 0 unspecified atom stereocenters. The number of sulfone groups is 1. The molecule has 6 heteroatoms. The number of hydrogen-bond donors (Lipinski definition) is 0. The summed E-state index contributed by atoms with van der Waals surface area (Å²) in [5.41, 5.74) is 1.95. The van der Waals surface area contributed by atoms with Crippen LogP contribution < -0.4 is 0 Å². The largest absolute Gasteiger partial charge is 0.297 e. The van der Waals surface area contributed by atoms with Crippen molar-refractivity contribution in [1.29, 1.82) is 0 Å². The molecule has 100 valence electrons. The molecule has 0 atom stereocenters. The van der Waals surface area contributed by atoms with Crippen LogP contribution in [0.5, 0.6) is 0 Å². The molecular weight excluding hydrogens is 250 g/mol. The third-order valence-electron chi connectivity index (χ3n) is 3.16. The summed E-state index contributed by atoms with van der Waals surface area (Å²) in [6.07, 6.45) is 6.05. The van der Waals surface area contributed by atoms with Crippen LogP contribution >= 0.6 is 0 Å². The van der Waals surface area contributed by atoms with Crippen molar-refractivity contribution in [2.24, 2.45) is 0 Å². The first kappa shape index (κ1) is 13.4. The van der Waals surface area contributed by atoms with E-state index >= 15 is 0 Å². The Balaban J connectivity index is 2.19. The molecule has 2 rings (SSSR count). The molecule has 0 aliphatic carbocycles. The van der Waals surface area contributed by atoms with Gasteiger partial charge in [0, 0.05) is 25.5 Å². The quantitative estimate of drug-likeness (QED) is 0.764. The van der Waals surface area contributed by atoms with Gasteiger partial charge in [-0.15, -0.1) is 0 Å². The van der Waals surface area contributed by atoms with E-state index in [0.717, 1.165) is 43.6 Å². The molecule has 0 saturated carbocycles. The number of hydrogen-bond acceptors (Lipinski definition) is 5. The van der Waals surface area contributed by atoms with Crippen molar-refractivity contribution in [2.75, 3.05) is 19.3 Å². The predicted molar refractivity (Wildman–Crippen MR) is 69.0 cm³/mol. The smallest absolute Gasteiger partial charge is 0.247 e. The minimum atomic E-state index is -3.31. The summed E-state index contributed by atoms with van der Waals surface area (Å²) in [5.74, 6) is 0. The van der Waals surface area contributed by atoms with Crippen molar-refractivity contribution >= 4 is 9.84 Å². The molecule has 0 fully saturated rings. The maximum atomic E-state index is 11.4. The first-order valence-electron chi connectivity index (χ1n) is 6.28. The monoisotopic (exact) mass is 269 g/mol. The topological polar surface area (TPSA) is 63.2 Å². The minimum Gasteiger partial charge on any atom is -0.297 e. The van der Waals surface area contributed by atoms with Crippen LogP contribution in [0.1, 0.15) is 31.0 Å². The molecule has 2 heterocycles. The Morgan fingerprint density at radius 1 is 1.44 bits per heavy atom. The number of nitrogens with zero attached hydrogens (tertiary/aromatic N) is 3. The van der Waals surface area contributed by atoms with Crippen molar-refractivity contribution in [2.45, 2.75) is 37.9 Å². The predicted octanol–water partition coefficient (Wildman–Crippen LogP) is 1.04. The van der Waals surface area contributed by atoms with Gasteiger partial charge in [-0.05, 0) is 24.9 Å². The summed E-state index contributed by atoms with van der Waals surface area (Å²) >= 11 is 0. The second kappa shape index (κ2) is 5.32. The highest BCUT2D eigenvalue weighted by Crippen LogP contribution is 2.17. The van der Waals surface area contributed by atoms with E-state index in [9.17, 15) is 8.42 Å². The first-order valence-corrected chi connectivity index (χ1v) is 8.17. The van der Waals surface area contributed by atoms with Gasteiger partial charge in [-0.3, -0.25) is 4.90 Å². The molecule has 5 nitrogen and oxygen atoms in total. The van der Waals surface area contributed by atoms with Crippen molar-refractivity contribution in [3.05, 3.63) is 17.5 Å². The fourth-order valence-electron chi connectivity index (χ4n) is 2.09. The van der Waals surface area contributed by atoms with Gasteiger partial charge in [-0.25, -0.2) is 18.4 Å². The highest BCUT2D eigenvalue weighted by molar-refractivity contribution is 7.90. The zero-order valence-corrected chi connectivity index (χ0v) is 11.7. The van der Waals surface area contributed by atoms with E-state index in [2.05, 4.69) is 21.8 Å². The Bertz CT molecular complexity index is 528. The van der Waals surface area contributed by atoms with E-state index in [4.69, 9.17) is 0 Å². The number of fused-ring (bicyclic) bond motifs is 1. The van der Waals surface area contributed by atoms with E-state index in [0.29, 0.717) is 0 Å². The van der Waals surface area contributed by atoms with Crippen LogP contribution in [-0.2, 0) is 22.8 Å². The summed E-state index contributed by atoms with van der Waals surface area (Å²) < 4.78 is 22.9. The van der Waals surface area contributed by atoms with Crippen LogP contribution in [0.15, 0.2) is 11.4 Å². The van der Waals surface area contributed by atoms with Gasteiger partial charge in [0.25, 0.3) is 0 Å². The van der Waals surface area contributed by atoms with Gasteiger partial charge < -0.3 is 0 Å². The van der Waals surface area contributed by atoms with Gasteiger partial charge >= 0.3 is 0 Å². The summed E-state index contributed by atoms with van der Waals surface area (Å²) in [6, 6.07) is 0. The minimum absolute atomic E-state index is 0.0569. The zero-order valence-electron chi connectivity index (χ0n) is 10.9. The Hall–Kier alpha value is -1.01. The molecule has 0 radical (unpaired) electrons. The Kier molecular flexibility index (Phi) is 3.97. The number of unbranched alkanes of at least 4 members (excludes halogenated alkanes) is 1. The number of rotatable bonds is 4. The van der Waals surface area contributed by atoms with Crippen LogP contribution in [0.25, 0.3) is 0 Å². The van der Waals surface area contributed by atoms with Gasteiger partial charge in [0.15, 0.2) is 0 Å². The summed E-state index contributed by atoms with van der Waals surface area (Å²) in [7, 11) is -3.31. The molecule has 0 N–H and O–H groups in total. The molecule has 1 aromatic rings. The highest BCUT2D eigenvalue weighted by atomic mass is 32.2. The van der Waals surface area contributed by atoms with E-state index in [1.807, 2.05) is 0 Å². The average molecular weight is 269 g/mol. The average Bonchev–Trinajstić information content (AvgIpc) is 2.34. The SMILES string of the molecule is CCCCN1CCc2cnc(S(C)(=O)=O)nc2C1. The molecule has 0 saturated heterocycles. The van der Waals surface area contributed by atoms with Gasteiger partial charge in [0.1, 0.15) is 0 Å². The van der Waals surface area contributed by atoms with Crippen molar-refractivity contribution in [3.63, 3.8) is 0 Å². The second-order valence-corrected chi connectivity index (χ2v) is 6.69. The third kappa shape index (κ3) is 3.05. The lowest BCUT2D eigenvalue weighted by Gasteiger charge is -2.27. The van der Waals surface area contributed by atoms with Gasteiger partial charge in [-0.2, -0.15) is 0 Å². The first-order chi connectivity index (χ1) is 8.50. The van der Waals surface area contributed by atoms with Crippen molar-refractivity contribution in [3.8, 4) is 0 Å². The maximum Gasteiger partial charge on any atom is 0.247 e. The van der Waals surface area contributed by atoms with Crippen LogP contribution in [0, 0.1) is 0 Å². The standard InChI is InChI=1S/C12H19N3O2S/c1-3-4-6-15-7-5-10-8-13-12(18(2,16)17)14-11(10)9-15/h8H,3-7,9H2,1-2H3. The fraction of sp³-hybridized carbons (Fsp3) is 0.667. The lowest BCUT2D eigenvalue weighted by atomic mass is 10.1. The van der Waals surface area contributed by atoms with Crippen LogP contribution in [0.2, 0.25) is 0 Å². The Morgan fingerprint density at radius 2 is 2.22 bits per heavy atom. The lowest BCUT2D eigenvalue weighted by molar-refractivity contribution is 0.245. The molecule has 18 heavy (non-hydrogen) atoms. The highest BCUT2D eigenvalue weighted by Gasteiger charge is 2.20. The summed E-state index contributed by atoms with van der Waals surface area (Å²) in [4.78, 5) is 10.5. The molecule has 1 aromatic heterocycles. The molecule has 0 amide bonds. The van der Waals surface area contributed by atoms with E-state index < -0.39 is 9.84 Å². The number of aromatic nitrogens is 2. The van der Waals surface area contributed by atoms with Crippen molar-refractivity contribution in [1.82, 2.24) is 14.9 Å². The summed E-state index contributed by atoms with van der Waals surface area (Å²) in [6.45, 7) is 4.96. The van der Waals surface area contributed by atoms with Crippen LogP contribution in [-0.4, -0.2) is 42.6 Å². The van der Waals surface area contributed by atoms with Gasteiger partial charge in [-0.1, -0.05) is 13.3 Å². The molecule has 0 bridgehead atoms. The molecule has 0 aromatic carbocycles. The van der Waals surface area contributed by atoms with E-state index in [1.165, 1.54) is 12.8 Å². The van der Waals surface area contributed by atoms with Crippen molar-refractivity contribution < 1.29 is 8.42 Å². The van der Waals surface area contributed by atoms with Crippen LogP contribution in [0.4, 0.5) is 0 Å². The molecule has 1 aliphatic heterocycles. The van der Waals surface area contributed by atoms with E-state index in [-0.39, 0.29) is 5.16 Å². The lowest BCUT2D eigenvalue weighted by Crippen LogP contribution is -2.32. The molecule has 0 spiro atoms. The fourth-order valence-corrected chi connectivity index (χ4v) is 2.61. The maximum absolute atomic E-state index is 11.4. The normalized spacial score (nSPS) is 16.6. The van der Waals surface area contributed by atoms with Gasteiger partial charge in [0.2, 0.25) is 15.0 Å². The second-order valence-electron chi connectivity index (χ2n) is 4.78. The molecule has 1 aliphatic rings. The summed E-state index contributed by atoms with van der Waals surface area (Å²) in [5, 5.41) is -0.0569. The Labute approximate surface area is 108 Å². The van der Waals surface area contributed by atoms with E-state index in [1.54, 1.807) is 6.20 Å². The molecular formula is C12H19N3O2S.